The van der Waals surface area contributed by atoms with Crippen molar-refractivity contribution in [1.29, 1.82) is 0 Å². The van der Waals surface area contributed by atoms with Crippen LogP contribution in [0.4, 0.5) is 5.69 Å². The van der Waals surface area contributed by atoms with Crippen molar-refractivity contribution in [2.45, 2.75) is 37.7 Å². The van der Waals surface area contributed by atoms with Crippen LogP contribution >= 0.6 is 0 Å². The number of nitrogens with zero attached hydrogens (tertiary/aromatic N) is 4. The normalized spacial score (nSPS) is 14.5. The summed E-state index contributed by atoms with van der Waals surface area (Å²) in [6.45, 7) is 2.69. The van der Waals surface area contributed by atoms with Crippen LogP contribution in [0.1, 0.15) is 31.2 Å². The highest BCUT2D eigenvalue weighted by atomic mass is 32.2. The van der Waals surface area contributed by atoms with Gasteiger partial charge >= 0.3 is 5.69 Å². The van der Waals surface area contributed by atoms with E-state index in [1.54, 1.807) is 0 Å². The standard InChI is InChI=1S/C21H22N4O6S/c1-2-15-5-7-16(8-6-15)21-22-20(31-23-21)14-30-19-10-9-17(13-18(19)25(26)27)32(28,29)24-11-3-4-12-24/h5-10,13H,2-4,11-12,14H2,1H3. The fourth-order valence-corrected chi connectivity index (χ4v) is 5.00. The highest BCUT2D eigenvalue weighted by molar-refractivity contribution is 7.89. The summed E-state index contributed by atoms with van der Waals surface area (Å²) in [7, 11) is -3.78. The number of hydrogen-bond donors (Lipinski definition) is 0. The van der Waals surface area contributed by atoms with Gasteiger partial charge in [0.05, 0.1) is 9.82 Å². The van der Waals surface area contributed by atoms with E-state index in [0.29, 0.717) is 18.9 Å². The molecule has 0 aliphatic carbocycles. The minimum atomic E-state index is -3.78. The molecule has 0 bridgehead atoms. The average Bonchev–Trinajstić information content (AvgIpc) is 3.50. The zero-order valence-electron chi connectivity index (χ0n) is 17.4. The second-order valence-corrected chi connectivity index (χ2v) is 9.29. The van der Waals surface area contributed by atoms with Gasteiger partial charge in [0.15, 0.2) is 12.4 Å². The molecule has 1 fully saturated rings. The zero-order chi connectivity index (χ0) is 22.7. The van der Waals surface area contributed by atoms with Gasteiger partial charge in [-0.05, 0) is 37.0 Å². The Balaban J connectivity index is 1.51. The molecule has 168 valence electrons. The van der Waals surface area contributed by atoms with Crippen molar-refractivity contribution in [2.75, 3.05) is 13.1 Å². The minimum Gasteiger partial charge on any atom is -0.477 e. The van der Waals surface area contributed by atoms with Crippen molar-refractivity contribution >= 4 is 15.7 Å². The first-order chi connectivity index (χ1) is 15.4. The van der Waals surface area contributed by atoms with E-state index in [1.165, 1.54) is 22.0 Å². The van der Waals surface area contributed by atoms with E-state index in [1.807, 2.05) is 24.3 Å². The predicted octanol–water partition coefficient (Wildman–Crippen LogP) is 3.57. The van der Waals surface area contributed by atoms with E-state index in [9.17, 15) is 18.5 Å². The van der Waals surface area contributed by atoms with Crippen LogP contribution in [0.25, 0.3) is 11.4 Å². The lowest BCUT2D eigenvalue weighted by Gasteiger charge is -2.15. The summed E-state index contributed by atoms with van der Waals surface area (Å²) in [5, 5.41) is 15.5. The molecule has 0 N–H and O–H groups in total. The lowest BCUT2D eigenvalue weighted by atomic mass is 10.1. The Hall–Kier alpha value is -3.31. The summed E-state index contributed by atoms with van der Waals surface area (Å²) in [4.78, 5) is 15.0. The highest BCUT2D eigenvalue weighted by Crippen LogP contribution is 2.32. The van der Waals surface area contributed by atoms with Crippen LogP contribution in [0.15, 0.2) is 51.9 Å². The second kappa shape index (κ2) is 9.05. The third kappa shape index (κ3) is 4.48. The van der Waals surface area contributed by atoms with Crippen molar-refractivity contribution in [3.05, 3.63) is 64.0 Å². The molecule has 0 amide bonds. The fraction of sp³-hybridized carbons (Fsp3) is 0.333. The number of benzene rings is 2. The van der Waals surface area contributed by atoms with E-state index in [4.69, 9.17) is 9.26 Å². The van der Waals surface area contributed by atoms with Gasteiger partial charge in [0, 0.05) is 24.7 Å². The molecule has 0 saturated carbocycles. The Kier molecular flexibility index (Phi) is 6.19. The quantitative estimate of drug-likeness (QED) is 0.370. The lowest BCUT2D eigenvalue weighted by molar-refractivity contribution is -0.386. The van der Waals surface area contributed by atoms with E-state index < -0.39 is 20.6 Å². The number of rotatable bonds is 8. The van der Waals surface area contributed by atoms with Crippen LogP contribution in [-0.4, -0.2) is 40.9 Å². The van der Waals surface area contributed by atoms with Crippen molar-refractivity contribution in [1.82, 2.24) is 14.4 Å². The molecule has 1 aromatic heterocycles. The first kappa shape index (κ1) is 21.9. The van der Waals surface area contributed by atoms with Gasteiger partial charge in [0.2, 0.25) is 15.8 Å². The van der Waals surface area contributed by atoms with Crippen LogP contribution in [-0.2, 0) is 23.1 Å². The Morgan fingerprint density at radius 3 is 2.53 bits per heavy atom. The molecule has 2 aromatic carbocycles. The summed E-state index contributed by atoms with van der Waals surface area (Å²) in [6, 6.07) is 11.3. The molecule has 0 radical (unpaired) electrons. The largest absolute Gasteiger partial charge is 0.477 e. The fourth-order valence-electron chi connectivity index (χ4n) is 3.46. The molecular formula is C21H22N4O6S. The molecule has 0 unspecified atom stereocenters. The molecule has 1 aliphatic rings. The predicted molar refractivity (Wildman–Crippen MR) is 115 cm³/mol. The van der Waals surface area contributed by atoms with Crippen molar-refractivity contribution < 1.29 is 22.6 Å². The van der Waals surface area contributed by atoms with Crippen LogP contribution in [0.3, 0.4) is 0 Å². The molecule has 0 atom stereocenters. The van der Waals surface area contributed by atoms with Crippen LogP contribution in [0.2, 0.25) is 0 Å². The summed E-state index contributed by atoms with van der Waals surface area (Å²) in [5.74, 6) is 0.442. The number of hydrogen-bond acceptors (Lipinski definition) is 8. The summed E-state index contributed by atoms with van der Waals surface area (Å²) >= 11 is 0. The van der Waals surface area contributed by atoms with Crippen molar-refractivity contribution in [3.8, 4) is 17.1 Å². The third-order valence-corrected chi connectivity index (χ3v) is 7.16. The number of aryl methyl sites for hydroxylation is 1. The molecule has 3 aromatic rings. The van der Waals surface area contributed by atoms with E-state index in [2.05, 4.69) is 17.1 Å². The number of nitro groups is 1. The van der Waals surface area contributed by atoms with Gasteiger partial charge < -0.3 is 9.26 Å². The molecule has 32 heavy (non-hydrogen) atoms. The average molecular weight is 458 g/mol. The van der Waals surface area contributed by atoms with Gasteiger partial charge in [0.25, 0.3) is 5.89 Å². The third-order valence-electron chi connectivity index (χ3n) is 5.27. The van der Waals surface area contributed by atoms with Gasteiger partial charge in [0.1, 0.15) is 0 Å². The van der Waals surface area contributed by atoms with Crippen LogP contribution < -0.4 is 4.74 Å². The molecule has 4 rings (SSSR count). The summed E-state index contributed by atoms with van der Waals surface area (Å²) < 4.78 is 37.4. The minimum absolute atomic E-state index is 0.0811. The van der Waals surface area contributed by atoms with Gasteiger partial charge in [-0.2, -0.15) is 9.29 Å². The molecule has 10 nitrogen and oxygen atoms in total. The first-order valence-electron chi connectivity index (χ1n) is 10.2. The molecule has 2 heterocycles. The molecular weight excluding hydrogens is 436 g/mol. The molecule has 1 saturated heterocycles. The maximum Gasteiger partial charge on any atom is 0.312 e. The first-order valence-corrected chi connectivity index (χ1v) is 11.7. The molecule has 1 aliphatic heterocycles. The van der Waals surface area contributed by atoms with Gasteiger partial charge in [-0.1, -0.05) is 36.3 Å². The SMILES string of the molecule is CCc1ccc(-c2noc(COc3ccc(S(=O)(=O)N4CCCC4)cc3[N+](=O)[O-])n2)cc1. The lowest BCUT2D eigenvalue weighted by Crippen LogP contribution is -2.27. The van der Waals surface area contributed by atoms with Gasteiger partial charge in [-0.3, -0.25) is 10.1 Å². The smallest absolute Gasteiger partial charge is 0.312 e. The Bertz CT molecular complexity index is 1220. The van der Waals surface area contributed by atoms with E-state index in [0.717, 1.165) is 30.9 Å². The monoisotopic (exact) mass is 458 g/mol. The van der Waals surface area contributed by atoms with Crippen molar-refractivity contribution in [2.24, 2.45) is 0 Å². The maximum absolute atomic E-state index is 12.7. The van der Waals surface area contributed by atoms with Gasteiger partial charge in [-0.15, -0.1) is 0 Å². The number of ether oxygens (including phenoxy) is 1. The van der Waals surface area contributed by atoms with E-state index >= 15 is 0 Å². The number of aromatic nitrogens is 2. The molecule has 0 spiro atoms. The summed E-state index contributed by atoms with van der Waals surface area (Å²) in [5.41, 5.74) is 1.52. The highest BCUT2D eigenvalue weighted by Gasteiger charge is 2.30. The number of nitro benzene ring substituents is 1. The maximum atomic E-state index is 12.7. The van der Waals surface area contributed by atoms with Crippen LogP contribution in [0.5, 0.6) is 5.75 Å². The number of sulfonamides is 1. The Morgan fingerprint density at radius 2 is 1.88 bits per heavy atom. The van der Waals surface area contributed by atoms with Gasteiger partial charge in [-0.25, -0.2) is 8.42 Å². The Labute approximate surface area is 185 Å². The molecule has 11 heteroatoms. The Morgan fingerprint density at radius 1 is 1.16 bits per heavy atom. The zero-order valence-corrected chi connectivity index (χ0v) is 18.2. The van der Waals surface area contributed by atoms with Crippen LogP contribution in [0, 0.1) is 10.1 Å². The topological polar surface area (TPSA) is 129 Å². The summed E-state index contributed by atoms with van der Waals surface area (Å²) in [6.07, 6.45) is 2.47. The van der Waals surface area contributed by atoms with E-state index in [-0.39, 0.29) is 23.1 Å². The van der Waals surface area contributed by atoms with Crippen molar-refractivity contribution in [3.63, 3.8) is 0 Å². The second-order valence-electron chi connectivity index (χ2n) is 7.35.